The van der Waals surface area contributed by atoms with E-state index in [1.54, 1.807) is 0 Å². The van der Waals surface area contributed by atoms with Gasteiger partial charge in [-0.1, -0.05) is 0 Å². The number of nitrogens with one attached hydrogen (secondary N) is 1. The molecule has 6 N–H and O–H groups in total. The number of hydrogen-bond donors (Lipinski definition) is 6. The predicted octanol–water partition coefficient (Wildman–Crippen LogP) is -3.86. The summed E-state index contributed by atoms with van der Waals surface area (Å²) in [6.07, 6.45) is -6.66. The largest absolute Gasteiger partial charge is 0.389 e. The molecule has 2 aliphatic heterocycles. The SMILES string of the molecule is O[C@@H]1[C@@H](OC[C@@H]2NC[C@@H](O)[C@@H]2O)OC[C@H](O)[C@H]1O. The van der Waals surface area contributed by atoms with Crippen molar-refractivity contribution in [2.75, 3.05) is 19.8 Å². The summed E-state index contributed by atoms with van der Waals surface area (Å²) in [5.74, 6) is 0. The first kappa shape index (κ1) is 14.1. The van der Waals surface area contributed by atoms with Crippen molar-refractivity contribution in [2.24, 2.45) is 0 Å². The molecule has 0 aromatic rings. The molecule has 0 aromatic heterocycles. The molecule has 0 radical (unpaired) electrons. The van der Waals surface area contributed by atoms with E-state index in [2.05, 4.69) is 5.32 Å². The molecular weight excluding hydrogens is 246 g/mol. The van der Waals surface area contributed by atoms with Gasteiger partial charge in [-0.2, -0.15) is 0 Å². The molecule has 0 spiro atoms. The normalized spacial score (nSPS) is 49.5. The van der Waals surface area contributed by atoms with Gasteiger partial charge in [-0.3, -0.25) is 0 Å². The maximum atomic E-state index is 9.61. The van der Waals surface area contributed by atoms with E-state index in [1.807, 2.05) is 0 Å². The fraction of sp³-hybridized carbons (Fsp3) is 1.00. The highest BCUT2D eigenvalue weighted by atomic mass is 16.7. The maximum Gasteiger partial charge on any atom is 0.186 e. The molecule has 2 rings (SSSR count). The van der Waals surface area contributed by atoms with E-state index in [0.29, 0.717) is 0 Å². The molecule has 106 valence electrons. The van der Waals surface area contributed by atoms with E-state index in [-0.39, 0.29) is 19.8 Å². The van der Waals surface area contributed by atoms with Gasteiger partial charge >= 0.3 is 0 Å². The molecule has 0 amide bonds. The molecule has 0 aliphatic carbocycles. The Morgan fingerprint density at radius 1 is 1.00 bits per heavy atom. The molecule has 2 fully saturated rings. The summed E-state index contributed by atoms with van der Waals surface area (Å²) >= 11 is 0. The molecule has 2 saturated heterocycles. The lowest BCUT2D eigenvalue weighted by molar-refractivity contribution is -0.272. The van der Waals surface area contributed by atoms with Gasteiger partial charge in [0.1, 0.15) is 18.3 Å². The van der Waals surface area contributed by atoms with Crippen LogP contribution in [0.5, 0.6) is 0 Å². The van der Waals surface area contributed by atoms with E-state index in [0.717, 1.165) is 0 Å². The van der Waals surface area contributed by atoms with Crippen molar-refractivity contribution < 1.29 is 35.0 Å². The summed E-state index contributed by atoms with van der Waals surface area (Å²) < 4.78 is 10.3. The van der Waals surface area contributed by atoms with Crippen LogP contribution >= 0.6 is 0 Å². The second-order valence-corrected chi connectivity index (χ2v) is 4.66. The van der Waals surface area contributed by atoms with Crippen LogP contribution in [0, 0.1) is 0 Å². The van der Waals surface area contributed by atoms with Crippen LogP contribution in [0.1, 0.15) is 0 Å². The Morgan fingerprint density at radius 2 is 1.72 bits per heavy atom. The number of β-amino-alcohol motifs (C(OH)–C–C–N with tert-alkyl or cyclic N) is 1. The zero-order valence-electron chi connectivity index (χ0n) is 9.72. The van der Waals surface area contributed by atoms with E-state index < -0.39 is 42.9 Å². The van der Waals surface area contributed by atoms with Crippen molar-refractivity contribution in [2.45, 2.75) is 42.9 Å². The average Bonchev–Trinajstić information content (AvgIpc) is 2.67. The molecule has 0 saturated carbocycles. The van der Waals surface area contributed by atoms with Crippen LogP contribution in [0.3, 0.4) is 0 Å². The van der Waals surface area contributed by atoms with Gasteiger partial charge in [0.05, 0.1) is 31.5 Å². The van der Waals surface area contributed by atoms with Crippen molar-refractivity contribution in [3.05, 3.63) is 0 Å². The van der Waals surface area contributed by atoms with E-state index in [4.69, 9.17) is 9.47 Å². The van der Waals surface area contributed by atoms with Crippen LogP contribution in [-0.2, 0) is 9.47 Å². The summed E-state index contributed by atoms with van der Waals surface area (Å²) in [7, 11) is 0. The molecule has 0 unspecified atom stereocenters. The van der Waals surface area contributed by atoms with Gasteiger partial charge in [-0.25, -0.2) is 0 Å². The molecule has 8 nitrogen and oxygen atoms in total. The predicted molar refractivity (Wildman–Crippen MR) is 57.5 cm³/mol. The molecule has 7 atom stereocenters. The van der Waals surface area contributed by atoms with Gasteiger partial charge < -0.3 is 40.3 Å². The first-order valence-electron chi connectivity index (χ1n) is 5.87. The summed E-state index contributed by atoms with van der Waals surface area (Å²) in [5.41, 5.74) is 0. The quantitative estimate of drug-likeness (QED) is 0.305. The summed E-state index contributed by atoms with van der Waals surface area (Å²) in [5, 5.41) is 50.0. The summed E-state index contributed by atoms with van der Waals surface area (Å²) in [6, 6.07) is -0.459. The van der Waals surface area contributed by atoms with E-state index >= 15 is 0 Å². The lowest BCUT2D eigenvalue weighted by Crippen LogP contribution is -2.54. The zero-order chi connectivity index (χ0) is 13.3. The van der Waals surface area contributed by atoms with Crippen LogP contribution in [0.25, 0.3) is 0 Å². The second kappa shape index (κ2) is 5.76. The third-order valence-corrected chi connectivity index (χ3v) is 3.29. The standard InChI is InChI=1S/C10H19NO7/c12-5-1-11-4(7(5)14)2-17-10-9(16)8(15)6(13)3-18-10/h4-16H,1-3H2/t4-,5+,6-,7+,8+,9-,10-/m0/s1. The van der Waals surface area contributed by atoms with E-state index in [1.165, 1.54) is 0 Å². The number of rotatable bonds is 3. The van der Waals surface area contributed by atoms with Crippen molar-refractivity contribution in [3.8, 4) is 0 Å². The third-order valence-electron chi connectivity index (χ3n) is 3.29. The van der Waals surface area contributed by atoms with Gasteiger partial charge in [0.25, 0.3) is 0 Å². The molecule has 0 aromatic carbocycles. The number of ether oxygens (including phenoxy) is 2. The van der Waals surface area contributed by atoms with E-state index in [9.17, 15) is 25.5 Å². The fourth-order valence-corrected chi connectivity index (χ4v) is 2.06. The Bertz CT molecular complexity index is 279. The molecule has 2 aliphatic rings. The van der Waals surface area contributed by atoms with Crippen LogP contribution in [0.4, 0.5) is 0 Å². The number of aliphatic hydroxyl groups is 5. The van der Waals surface area contributed by atoms with Gasteiger partial charge in [-0.05, 0) is 0 Å². The molecule has 18 heavy (non-hydrogen) atoms. The molecule has 0 bridgehead atoms. The topological polar surface area (TPSA) is 132 Å². The highest BCUT2D eigenvalue weighted by molar-refractivity contribution is 4.91. The van der Waals surface area contributed by atoms with Crippen molar-refractivity contribution in [3.63, 3.8) is 0 Å². The van der Waals surface area contributed by atoms with Gasteiger partial charge in [0.2, 0.25) is 0 Å². The monoisotopic (exact) mass is 265 g/mol. The Morgan fingerprint density at radius 3 is 2.33 bits per heavy atom. The Balaban J connectivity index is 1.80. The smallest absolute Gasteiger partial charge is 0.186 e. The zero-order valence-corrected chi connectivity index (χ0v) is 9.72. The molecule has 2 heterocycles. The lowest BCUT2D eigenvalue weighted by Gasteiger charge is -2.35. The summed E-state index contributed by atoms with van der Waals surface area (Å²) in [4.78, 5) is 0. The van der Waals surface area contributed by atoms with Crippen LogP contribution in [0.2, 0.25) is 0 Å². The minimum Gasteiger partial charge on any atom is -0.389 e. The van der Waals surface area contributed by atoms with Crippen molar-refractivity contribution in [1.82, 2.24) is 5.32 Å². The van der Waals surface area contributed by atoms with Gasteiger partial charge in [-0.15, -0.1) is 0 Å². The Hall–Kier alpha value is -0.320. The second-order valence-electron chi connectivity index (χ2n) is 4.66. The van der Waals surface area contributed by atoms with Gasteiger partial charge in [0.15, 0.2) is 6.29 Å². The average molecular weight is 265 g/mol. The highest BCUT2D eigenvalue weighted by Crippen LogP contribution is 2.18. The van der Waals surface area contributed by atoms with Crippen LogP contribution < -0.4 is 5.32 Å². The Labute approximate surface area is 104 Å². The highest BCUT2D eigenvalue weighted by Gasteiger charge is 2.40. The minimum absolute atomic E-state index is 0.0166. The first-order valence-corrected chi connectivity index (χ1v) is 5.87. The van der Waals surface area contributed by atoms with Crippen LogP contribution in [-0.4, -0.2) is 88.1 Å². The summed E-state index contributed by atoms with van der Waals surface area (Å²) in [6.45, 7) is 0.152. The number of aliphatic hydroxyl groups excluding tert-OH is 5. The Kier molecular flexibility index (Phi) is 4.51. The maximum absolute atomic E-state index is 9.61. The van der Waals surface area contributed by atoms with Gasteiger partial charge in [0, 0.05) is 6.54 Å². The van der Waals surface area contributed by atoms with Crippen molar-refractivity contribution in [1.29, 1.82) is 0 Å². The lowest BCUT2D eigenvalue weighted by atomic mass is 10.1. The molecule has 8 heteroatoms. The minimum atomic E-state index is -1.35. The molecular formula is C10H19NO7. The number of hydrogen-bond acceptors (Lipinski definition) is 8. The van der Waals surface area contributed by atoms with Crippen LogP contribution in [0.15, 0.2) is 0 Å². The fourth-order valence-electron chi connectivity index (χ4n) is 2.06. The first-order chi connectivity index (χ1) is 8.50. The van der Waals surface area contributed by atoms with Crippen molar-refractivity contribution >= 4 is 0 Å². The third kappa shape index (κ3) is 2.81.